The number of halogens is 2. The van der Waals surface area contributed by atoms with Gasteiger partial charge in [0.15, 0.2) is 0 Å². The lowest BCUT2D eigenvalue weighted by Crippen LogP contribution is -2.39. The summed E-state index contributed by atoms with van der Waals surface area (Å²) in [6, 6.07) is 11.6. The molecular weight excluding hydrogens is 469 g/mol. The van der Waals surface area contributed by atoms with Gasteiger partial charge < -0.3 is 14.8 Å². The number of likely N-dealkylation sites (N-methyl/N-ethyl adjacent to an activating group) is 1. The second-order valence-electron chi connectivity index (χ2n) is 9.56. The number of hydrogen-bond donors (Lipinski definition) is 1. The minimum Gasteiger partial charge on any atom is -0.335 e. The normalized spacial score (nSPS) is 15.4. The lowest BCUT2D eigenvalue weighted by Gasteiger charge is -2.38. The molecule has 0 bridgehead atoms. The summed E-state index contributed by atoms with van der Waals surface area (Å²) >= 11 is 12.7. The van der Waals surface area contributed by atoms with Crippen LogP contribution in [0.25, 0.3) is 22.2 Å². The van der Waals surface area contributed by atoms with Crippen LogP contribution in [0.1, 0.15) is 25.0 Å². The molecule has 4 aromatic rings. The summed E-state index contributed by atoms with van der Waals surface area (Å²) in [4.78, 5) is 24.7. The first-order valence-corrected chi connectivity index (χ1v) is 11.8. The van der Waals surface area contributed by atoms with E-state index in [1.54, 1.807) is 35.2 Å². The summed E-state index contributed by atoms with van der Waals surface area (Å²) in [6.07, 6.45) is 3.27. The van der Waals surface area contributed by atoms with Gasteiger partial charge in [-0.3, -0.25) is 4.79 Å². The van der Waals surface area contributed by atoms with Gasteiger partial charge in [0.05, 0.1) is 15.4 Å². The van der Waals surface area contributed by atoms with Gasteiger partial charge in [-0.15, -0.1) is 0 Å². The second kappa shape index (κ2) is 8.38. The van der Waals surface area contributed by atoms with E-state index in [4.69, 9.17) is 23.2 Å². The van der Waals surface area contributed by atoms with E-state index in [0.29, 0.717) is 38.2 Å². The van der Waals surface area contributed by atoms with Gasteiger partial charge >= 0.3 is 0 Å². The number of aryl methyl sites for hydroxylation is 1. The van der Waals surface area contributed by atoms with Gasteiger partial charge in [0.25, 0.3) is 0 Å². The topological polar surface area (TPSA) is 63.1 Å². The van der Waals surface area contributed by atoms with Crippen molar-refractivity contribution in [3.05, 3.63) is 80.2 Å². The molecule has 0 fully saturated rings. The summed E-state index contributed by atoms with van der Waals surface area (Å²) in [5.41, 5.74) is 4.90. The van der Waals surface area contributed by atoms with E-state index in [9.17, 15) is 4.79 Å². The van der Waals surface area contributed by atoms with E-state index in [-0.39, 0.29) is 10.8 Å². The van der Waals surface area contributed by atoms with E-state index < -0.39 is 0 Å². The SMILES string of the molecule is CN1Cc2cc(Nc3ncc4c(=O)c(-c5c(Cl)cccc5Cl)cn(C)c4n3)ccc2C(C)(C)C1. The number of nitrogens with one attached hydrogen (secondary N) is 1. The Bertz CT molecular complexity index is 1470. The Morgan fingerprint density at radius 2 is 1.82 bits per heavy atom. The van der Waals surface area contributed by atoms with Crippen LogP contribution in [0.4, 0.5) is 11.6 Å². The molecule has 1 N–H and O–H groups in total. The Morgan fingerprint density at radius 3 is 2.56 bits per heavy atom. The first kappa shape index (κ1) is 22.8. The molecule has 1 aliphatic heterocycles. The Labute approximate surface area is 208 Å². The number of fused-ring (bicyclic) bond motifs is 2. The smallest absolute Gasteiger partial charge is 0.229 e. The fourth-order valence-corrected chi connectivity index (χ4v) is 5.55. The first-order valence-electron chi connectivity index (χ1n) is 11.0. The van der Waals surface area contributed by atoms with Gasteiger partial charge in [0, 0.05) is 54.8 Å². The molecule has 0 atom stereocenters. The number of anilines is 2. The van der Waals surface area contributed by atoms with Gasteiger partial charge in [-0.25, -0.2) is 4.98 Å². The fourth-order valence-electron chi connectivity index (χ4n) is 4.95. The molecular formula is C26H25Cl2N5O. The van der Waals surface area contributed by atoms with Crippen molar-refractivity contribution in [3.63, 3.8) is 0 Å². The third kappa shape index (κ3) is 3.96. The average molecular weight is 494 g/mol. The van der Waals surface area contributed by atoms with Gasteiger partial charge in [0.1, 0.15) is 5.65 Å². The Kier molecular flexibility index (Phi) is 5.63. The molecule has 174 valence electrons. The van der Waals surface area contributed by atoms with Gasteiger partial charge in [0.2, 0.25) is 11.4 Å². The van der Waals surface area contributed by atoms with Crippen LogP contribution >= 0.6 is 23.2 Å². The summed E-state index contributed by atoms with van der Waals surface area (Å²) in [5.74, 6) is 0.425. The molecule has 0 unspecified atom stereocenters. The monoisotopic (exact) mass is 493 g/mol. The maximum atomic E-state index is 13.3. The second-order valence-corrected chi connectivity index (χ2v) is 10.4. The molecule has 2 aromatic heterocycles. The predicted octanol–water partition coefficient (Wildman–Crippen LogP) is 5.77. The van der Waals surface area contributed by atoms with Crippen molar-refractivity contribution in [2.24, 2.45) is 7.05 Å². The molecule has 34 heavy (non-hydrogen) atoms. The van der Waals surface area contributed by atoms with E-state index in [1.165, 1.54) is 11.1 Å². The zero-order chi connectivity index (χ0) is 24.2. The average Bonchev–Trinajstić information content (AvgIpc) is 2.76. The first-order chi connectivity index (χ1) is 16.1. The molecule has 0 spiro atoms. The molecule has 0 amide bonds. The summed E-state index contributed by atoms with van der Waals surface area (Å²) in [5, 5.41) is 4.54. The molecule has 3 heterocycles. The zero-order valence-corrected chi connectivity index (χ0v) is 21.0. The molecule has 0 radical (unpaired) electrons. The van der Waals surface area contributed by atoms with Crippen LogP contribution in [0.3, 0.4) is 0 Å². The number of pyridine rings is 1. The van der Waals surface area contributed by atoms with Crippen molar-refractivity contribution in [1.82, 2.24) is 19.4 Å². The molecule has 0 saturated carbocycles. The highest BCUT2D eigenvalue weighted by molar-refractivity contribution is 6.39. The molecule has 0 saturated heterocycles. The minimum absolute atomic E-state index is 0.0981. The highest BCUT2D eigenvalue weighted by atomic mass is 35.5. The maximum absolute atomic E-state index is 13.3. The number of aromatic nitrogens is 3. The Hall–Kier alpha value is -2.93. The van der Waals surface area contributed by atoms with Crippen LogP contribution in [0, 0.1) is 0 Å². The van der Waals surface area contributed by atoms with Crippen molar-refractivity contribution in [1.29, 1.82) is 0 Å². The minimum atomic E-state index is -0.214. The standard InChI is InChI=1S/C26H25Cl2N5O/c1-26(2)14-32(3)12-15-10-16(8-9-19(15)26)30-25-29-11-17-23(34)18(13-33(4)24(17)31-25)22-20(27)6-5-7-21(22)28/h5-11,13H,12,14H2,1-4H3,(H,29,30,31). The van der Waals surface area contributed by atoms with Crippen molar-refractivity contribution in [3.8, 4) is 11.1 Å². The quantitative estimate of drug-likeness (QED) is 0.392. The lowest BCUT2D eigenvalue weighted by molar-refractivity contribution is 0.236. The van der Waals surface area contributed by atoms with Gasteiger partial charge in [-0.05, 0) is 42.4 Å². The lowest BCUT2D eigenvalue weighted by atomic mass is 9.78. The Morgan fingerprint density at radius 1 is 1.09 bits per heavy atom. The van der Waals surface area contributed by atoms with E-state index in [1.807, 2.05) is 7.05 Å². The highest BCUT2D eigenvalue weighted by Gasteiger charge is 2.30. The zero-order valence-electron chi connectivity index (χ0n) is 19.5. The number of rotatable bonds is 3. The molecule has 1 aliphatic rings. The third-order valence-electron chi connectivity index (χ3n) is 6.34. The predicted molar refractivity (Wildman–Crippen MR) is 139 cm³/mol. The van der Waals surface area contributed by atoms with Gasteiger partial charge in [-0.1, -0.05) is 49.2 Å². The summed E-state index contributed by atoms with van der Waals surface area (Å²) < 4.78 is 1.79. The van der Waals surface area contributed by atoms with Crippen LogP contribution in [-0.4, -0.2) is 33.0 Å². The Balaban J connectivity index is 1.53. The van der Waals surface area contributed by atoms with Crippen LogP contribution in [0.15, 0.2) is 53.6 Å². The van der Waals surface area contributed by atoms with Crippen molar-refractivity contribution in [2.45, 2.75) is 25.8 Å². The van der Waals surface area contributed by atoms with Crippen LogP contribution < -0.4 is 10.7 Å². The molecule has 0 aliphatic carbocycles. The summed E-state index contributed by atoms with van der Waals surface area (Å²) in [6.45, 7) is 6.46. The van der Waals surface area contributed by atoms with Crippen molar-refractivity contribution in [2.75, 3.05) is 18.9 Å². The number of hydrogen-bond acceptors (Lipinski definition) is 5. The number of benzene rings is 2. The van der Waals surface area contributed by atoms with E-state index in [2.05, 4.69) is 59.3 Å². The molecule has 6 nitrogen and oxygen atoms in total. The molecule has 2 aromatic carbocycles. The van der Waals surface area contributed by atoms with E-state index in [0.717, 1.165) is 18.8 Å². The van der Waals surface area contributed by atoms with Crippen LogP contribution in [-0.2, 0) is 19.0 Å². The summed E-state index contributed by atoms with van der Waals surface area (Å²) in [7, 11) is 3.98. The third-order valence-corrected chi connectivity index (χ3v) is 6.97. The van der Waals surface area contributed by atoms with Crippen LogP contribution in [0.5, 0.6) is 0 Å². The van der Waals surface area contributed by atoms with E-state index >= 15 is 0 Å². The van der Waals surface area contributed by atoms with Gasteiger partial charge in [-0.2, -0.15) is 4.98 Å². The molecule has 5 rings (SSSR count). The highest BCUT2D eigenvalue weighted by Crippen LogP contribution is 2.35. The number of nitrogens with zero attached hydrogens (tertiary/aromatic N) is 4. The van der Waals surface area contributed by atoms with Crippen molar-refractivity contribution >= 4 is 45.9 Å². The molecule has 8 heteroatoms. The van der Waals surface area contributed by atoms with Crippen LogP contribution in [0.2, 0.25) is 10.0 Å². The maximum Gasteiger partial charge on any atom is 0.229 e. The van der Waals surface area contributed by atoms with Crippen molar-refractivity contribution < 1.29 is 0 Å². The largest absolute Gasteiger partial charge is 0.335 e. The fraction of sp³-hybridized carbons (Fsp3) is 0.269.